The Morgan fingerprint density at radius 2 is 1.92 bits per heavy atom. The van der Waals surface area contributed by atoms with Crippen LogP contribution in [0.15, 0.2) is 29.3 Å². The van der Waals surface area contributed by atoms with Gasteiger partial charge in [0.15, 0.2) is 5.96 Å². The van der Waals surface area contributed by atoms with E-state index in [4.69, 9.17) is 5.73 Å². The number of aliphatic imine (C=N–C) groups is 1. The molecule has 0 unspecified atom stereocenters. The summed E-state index contributed by atoms with van der Waals surface area (Å²) in [5.74, 6) is 2.60. The molecule has 1 aromatic carbocycles. The van der Waals surface area contributed by atoms with Crippen molar-refractivity contribution in [1.82, 2.24) is 4.90 Å². The molecule has 25 heavy (non-hydrogen) atoms. The van der Waals surface area contributed by atoms with Crippen LogP contribution in [-0.4, -0.2) is 42.0 Å². The highest BCUT2D eigenvalue weighted by molar-refractivity contribution is 14.0. The highest BCUT2D eigenvalue weighted by Gasteiger charge is 2.40. The summed E-state index contributed by atoms with van der Waals surface area (Å²) >= 11 is 1.90. The number of benzene rings is 1. The van der Waals surface area contributed by atoms with Crippen molar-refractivity contribution >= 4 is 41.7 Å². The average Bonchev–Trinajstić information content (AvgIpc) is 2.54. The summed E-state index contributed by atoms with van der Waals surface area (Å²) < 4.78 is 38.9. The maximum absolute atomic E-state index is 13.0. The molecule has 1 saturated carbocycles. The summed E-state index contributed by atoms with van der Waals surface area (Å²) in [6.45, 7) is 2.23. The number of hydrogen-bond donors (Lipinski definition) is 1. The van der Waals surface area contributed by atoms with Crippen LogP contribution in [0.25, 0.3) is 0 Å². The Bertz CT molecular complexity index is 611. The van der Waals surface area contributed by atoms with E-state index < -0.39 is 11.7 Å². The molecule has 140 valence electrons. The fourth-order valence-electron chi connectivity index (χ4n) is 3.29. The molecule has 0 atom stereocenters. The molecule has 0 spiro atoms. The minimum atomic E-state index is -4.31. The van der Waals surface area contributed by atoms with E-state index in [2.05, 4.69) is 9.89 Å². The second-order valence-corrected chi connectivity index (χ2v) is 7.71. The van der Waals surface area contributed by atoms with Gasteiger partial charge in [-0.1, -0.05) is 24.6 Å². The quantitative estimate of drug-likeness (QED) is 0.398. The Labute approximate surface area is 167 Å². The molecule has 8 heteroatoms. The number of alkyl halides is 3. The van der Waals surface area contributed by atoms with Crippen molar-refractivity contribution in [2.45, 2.75) is 30.9 Å². The Balaban J connectivity index is 0.00000225. The molecule has 1 heterocycles. The second-order valence-electron chi connectivity index (χ2n) is 6.49. The highest BCUT2D eigenvalue weighted by Crippen LogP contribution is 2.45. The lowest BCUT2D eigenvalue weighted by molar-refractivity contribution is -0.137. The fourth-order valence-corrected chi connectivity index (χ4v) is 4.19. The van der Waals surface area contributed by atoms with Crippen molar-refractivity contribution < 1.29 is 13.2 Å². The summed E-state index contributed by atoms with van der Waals surface area (Å²) in [5, 5.41) is 0. The molecular formula is C17H23F3IN3S. The fraction of sp³-hybridized carbons (Fsp3) is 0.588. The van der Waals surface area contributed by atoms with Crippen LogP contribution < -0.4 is 5.73 Å². The van der Waals surface area contributed by atoms with Gasteiger partial charge in [-0.3, -0.25) is 4.99 Å². The predicted octanol–water partition coefficient (Wildman–Crippen LogP) is 4.11. The number of thioether (sulfide) groups is 1. The first-order valence-corrected chi connectivity index (χ1v) is 9.37. The monoisotopic (exact) mass is 485 g/mol. The first kappa shape index (κ1) is 20.7. The number of nitrogens with two attached hydrogens (primary N) is 1. The van der Waals surface area contributed by atoms with E-state index in [1.54, 1.807) is 6.07 Å². The minimum Gasteiger partial charge on any atom is -0.370 e. The average molecular weight is 485 g/mol. The molecule has 0 aromatic heterocycles. The van der Waals surface area contributed by atoms with Crippen molar-refractivity contribution in [2.75, 3.05) is 31.1 Å². The van der Waals surface area contributed by atoms with Crippen LogP contribution in [0.4, 0.5) is 13.2 Å². The predicted molar refractivity (Wildman–Crippen MR) is 108 cm³/mol. The number of hydrogen-bond acceptors (Lipinski definition) is 2. The Hall–Kier alpha value is -0.640. The Morgan fingerprint density at radius 1 is 1.24 bits per heavy atom. The van der Waals surface area contributed by atoms with Gasteiger partial charge in [-0.05, 0) is 24.5 Å². The lowest BCUT2D eigenvalue weighted by atomic mass is 9.64. The lowest BCUT2D eigenvalue weighted by Crippen LogP contribution is -2.44. The van der Waals surface area contributed by atoms with Crippen LogP contribution >= 0.6 is 35.7 Å². The van der Waals surface area contributed by atoms with Crippen molar-refractivity contribution in [3.63, 3.8) is 0 Å². The smallest absolute Gasteiger partial charge is 0.370 e. The first-order valence-electron chi connectivity index (χ1n) is 8.21. The van der Waals surface area contributed by atoms with Crippen LogP contribution in [0.2, 0.25) is 0 Å². The van der Waals surface area contributed by atoms with Gasteiger partial charge in [-0.15, -0.1) is 24.0 Å². The van der Waals surface area contributed by atoms with Gasteiger partial charge in [0.2, 0.25) is 0 Å². The zero-order valence-corrected chi connectivity index (χ0v) is 17.0. The van der Waals surface area contributed by atoms with Gasteiger partial charge < -0.3 is 10.6 Å². The van der Waals surface area contributed by atoms with E-state index >= 15 is 0 Å². The van der Waals surface area contributed by atoms with Crippen molar-refractivity contribution in [1.29, 1.82) is 0 Å². The third kappa shape index (κ3) is 4.75. The van der Waals surface area contributed by atoms with Crippen LogP contribution in [0, 0.1) is 0 Å². The summed E-state index contributed by atoms with van der Waals surface area (Å²) in [5.41, 5.74) is 5.95. The minimum absolute atomic E-state index is 0. The maximum Gasteiger partial charge on any atom is 0.416 e. The van der Waals surface area contributed by atoms with Crippen LogP contribution in [0.5, 0.6) is 0 Å². The van der Waals surface area contributed by atoms with E-state index in [9.17, 15) is 13.2 Å². The van der Waals surface area contributed by atoms with Crippen molar-refractivity contribution in [2.24, 2.45) is 10.7 Å². The van der Waals surface area contributed by atoms with Gasteiger partial charge in [0.05, 0.1) is 12.1 Å². The zero-order chi connectivity index (χ0) is 17.2. The Morgan fingerprint density at radius 3 is 2.48 bits per heavy atom. The number of guanidine groups is 1. The molecule has 0 radical (unpaired) electrons. The maximum atomic E-state index is 13.0. The zero-order valence-electron chi connectivity index (χ0n) is 13.9. The molecule has 2 aliphatic rings. The normalized spacial score (nSPS) is 20.6. The largest absolute Gasteiger partial charge is 0.416 e. The van der Waals surface area contributed by atoms with Gasteiger partial charge in [0.1, 0.15) is 0 Å². The summed E-state index contributed by atoms with van der Waals surface area (Å²) in [6, 6.07) is 5.69. The molecule has 3 nitrogen and oxygen atoms in total. The third-order valence-corrected chi connectivity index (χ3v) is 5.93. The molecular weight excluding hydrogens is 462 g/mol. The van der Waals surface area contributed by atoms with Gasteiger partial charge >= 0.3 is 6.18 Å². The SMILES string of the molecule is I.NC(=NCC1(c2cccc(C(F)(F)F)c2)CCC1)N1CCSCC1. The van der Waals surface area contributed by atoms with Crippen molar-refractivity contribution in [3.8, 4) is 0 Å². The topological polar surface area (TPSA) is 41.6 Å². The van der Waals surface area contributed by atoms with Crippen LogP contribution in [0.1, 0.15) is 30.4 Å². The van der Waals surface area contributed by atoms with E-state index in [0.29, 0.717) is 12.5 Å². The van der Waals surface area contributed by atoms with E-state index in [1.807, 2.05) is 11.8 Å². The van der Waals surface area contributed by atoms with Crippen LogP contribution in [-0.2, 0) is 11.6 Å². The van der Waals surface area contributed by atoms with E-state index in [1.165, 1.54) is 12.1 Å². The standard InChI is InChI=1S/C17H22F3N3S.HI/c18-17(19,20)14-4-1-3-13(11-14)16(5-2-6-16)12-22-15(21)23-7-9-24-10-8-23;/h1,3-4,11H,2,5-10,12H2,(H2,21,22);1H. The third-order valence-electron chi connectivity index (χ3n) is 4.99. The summed E-state index contributed by atoms with van der Waals surface area (Å²) in [7, 11) is 0. The highest BCUT2D eigenvalue weighted by atomic mass is 127. The molecule has 0 amide bonds. The molecule has 2 fully saturated rings. The summed E-state index contributed by atoms with van der Waals surface area (Å²) in [6.07, 6.45) is -1.57. The molecule has 1 aromatic rings. The Kier molecular flexibility index (Phi) is 6.92. The molecule has 3 rings (SSSR count). The van der Waals surface area contributed by atoms with Gasteiger partial charge in [-0.25, -0.2) is 0 Å². The van der Waals surface area contributed by atoms with Gasteiger partial charge in [0.25, 0.3) is 0 Å². The molecule has 1 aliphatic heterocycles. The second kappa shape index (κ2) is 8.37. The first-order chi connectivity index (χ1) is 11.4. The summed E-state index contributed by atoms with van der Waals surface area (Å²) in [4.78, 5) is 6.60. The molecule has 1 saturated heterocycles. The van der Waals surface area contributed by atoms with Gasteiger partial charge in [0, 0.05) is 30.0 Å². The molecule has 2 N–H and O–H groups in total. The van der Waals surface area contributed by atoms with Gasteiger partial charge in [-0.2, -0.15) is 24.9 Å². The van der Waals surface area contributed by atoms with Crippen LogP contribution in [0.3, 0.4) is 0 Å². The molecule has 1 aliphatic carbocycles. The lowest BCUT2D eigenvalue weighted by Gasteiger charge is -2.42. The number of nitrogens with zero attached hydrogens (tertiary/aromatic N) is 2. The number of rotatable bonds is 3. The van der Waals surface area contributed by atoms with E-state index in [-0.39, 0.29) is 29.4 Å². The van der Waals surface area contributed by atoms with E-state index in [0.717, 1.165) is 55.5 Å². The number of halogens is 4. The van der Waals surface area contributed by atoms with Crippen molar-refractivity contribution in [3.05, 3.63) is 35.4 Å². The molecule has 0 bridgehead atoms.